The van der Waals surface area contributed by atoms with Gasteiger partial charge in [-0.1, -0.05) is 26.7 Å². The van der Waals surface area contributed by atoms with Gasteiger partial charge in [0.05, 0.1) is 6.61 Å². The number of carbonyl (C=O) groups excluding carboxylic acids is 3. The summed E-state index contributed by atoms with van der Waals surface area (Å²) < 4.78 is 5.48. The van der Waals surface area contributed by atoms with E-state index in [4.69, 9.17) is 4.74 Å². The van der Waals surface area contributed by atoms with E-state index in [-0.39, 0.29) is 18.6 Å². The van der Waals surface area contributed by atoms with Gasteiger partial charge >= 0.3 is 6.09 Å². The number of hydrogen-bond acceptors (Lipinski definition) is 11. The van der Waals surface area contributed by atoms with Gasteiger partial charge in [0.1, 0.15) is 5.60 Å². The summed E-state index contributed by atoms with van der Waals surface area (Å²) >= 11 is 9.56. The molecule has 52 heavy (non-hydrogen) atoms. The molecule has 0 spiro atoms. The number of alkyl carbamates (subject to hydrolysis) is 1. The fourth-order valence-electron chi connectivity index (χ4n) is 5.10. The Labute approximate surface area is 340 Å². The average molecular weight is 829 g/mol. The van der Waals surface area contributed by atoms with E-state index in [0.29, 0.717) is 38.4 Å². The topological polar surface area (TPSA) is 102 Å². The van der Waals surface area contributed by atoms with Crippen LogP contribution in [0.1, 0.15) is 98.3 Å². The fraction of sp³-hybridized carbons (Fsp3) is 0.921. The first-order valence-electron chi connectivity index (χ1n) is 19.7. The van der Waals surface area contributed by atoms with Crippen LogP contribution < -0.4 is 5.32 Å². The van der Waals surface area contributed by atoms with Crippen molar-refractivity contribution in [1.29, 1.82) is 0 Å². The van der Waals surface area contributed by atoms with Crippen molar-refractivity contribution in [2.24, 2.45) is 0 Å². The zero-order chi connectivity index (χ0) is 38.7. The zero-order valence-electron chi connectivity index (χ0n) is 33.8. The third-order valence-corrected chi connectivity index (χ3v) is 13.6. The lowest BCUT2D eigenvalue weighted by atomic mass is 10.0. The number of rotatable bonds is 37. The van der Waals surface area contributed by atoms with Crippen molar-refractivity contribution in [2.75, 3.05) is 117 Å². The van der Waals surface area contributed by atoms with Crippen LogP contribution in [0.5, 0.6) is 0 Å². The van der Waals surface area contributed by atoms with Crippen molar-refractivity contribution in [2.45, 2.75) is 104 Å². The first-order valence-corrected chi connectivity index (χ1v) is 25.5. The Morgan fingerprint density at radius 1 is 0.596 bits per heavy atom. The van der Waals surface area contributed by atoms with E-state index in [1.54, 1.807) is 0 Å². The van der Waals surface area contributed by atoms with Gasteiger partial charge in [-0.2, -0.15) is 58.8 Å². The molecule has 0 bridgehead atoms. The maximum absolute atomic E-state index is 12.9. The van der Waals surface area contributed by atoms with Crippen LogP contribution in [0.15, 0.2) is 0 Å². The number of amides is 3. The van der Waals surface area contributed by atoms with Crippen LogP contribution in [0.25, 0.3) is 0 Å². The maximum atomic E-state index is 12.9. The third kappa shape index (κ3) is 33.2. The highest BCUT2D eigenvalue weighted by atomic mass is 32.2. The Kier molecular flexibility index (Phi) is 36.4. The normalized spacial score (nSPS) is 11.6. The highest BCUT2D eigenvalue weighted by molar-refractivity contribution is 8.00. The number of unbranched alkanes of at least 4 members (excludes halogenated alkanes) is 1. The molecule has 0 aromatic carbocycles. The molecule has 0 heterocycles. The SMILES string of the molecule is CCCCSCCCN(CCN(C)C)C(=O)CCSCCCSCCCN(CCO)C(=O)CCSCCCSCCCNC(=O)OC(C)(C)CCC. The summed E-state index contributed by atoms with van der Waals surface area (Å²) in [5, 5.41) is 12.3. The quantitative estimate of drug-likeness (QED) is 0.0603. The van der Waals surface area contributed by atoms with Crippen molar-refractivity contribution < 1.29 is 24.2 Å². The predicted molar refractivity (Wildman–Crippen MR) is 236 cm³/mol. The summed E-state index contributed by atoms with van der Waals surface area (Å²) in [6, 6.07) is 0. The number of aliphatic hydroxyl groups excluding tert-OH is 1. The Morgan fingerprint density at radius 2 is 1.06 bits per heavy atom. The average Bonchev–Trinajstić information content (AvgIpc) is 3.09. The van der Waals surface area contributed by atoms with Crippen LogP contribution in [-0.2, 0) is 14.3 Å². The van der Waals surface area contributed by atoms with Gasteiger partial charge in [-0.05, 0) is 119 Å². The van der Waals surface area contributed by atoms with Crippen LogP contribution in [0, 0.1) is 0 Å². The van der Waals surface area contributed by atoms with Crippen molar-refractivity contribution in [1.82, 2.24) is 20.0 Å². The van der Waals surface area contributed by atoms with E-state index in [2.05, 4.69) is 43.1 Å². The lowest BCUT2D eigenvalue weighted by Crippen LogP contribution is -2.37. The maximum Gasteiger partial charge on any atom is 0.407 e. The van der Waals surface area contributed by atoms with E-state index < -0.39 is 5.60 Å². The van der Waals surface area contributed by atoms with Gasteiger partial charge in [-0.15, -0.1) is 0 Å². The molecule has 0 atom stereocenters. The van der Waals surface area contributed by atoms with Gasteiger partial charge < -0.3 is 29.9 Å². The molecule has 0 saturated carbocycles. The number of ether oxygens (including phenoxy) is 1. The van der Waals surface area contributed by atoms with Gasteiger partial charge in [0.25, 0.3) is 0 Å². The molecular weight excluding hydrogens is 753 g/mol. The van der Waals surface area contributed by atoms with E-state index in [9.17, 15) is 19.5 Å². The van der Waals surface area contributed by atoms with Crippen LogP contribution in [0.2, 0.25) is 0 Å². The van der Waals surface area contributed by atoms with Crippen LogP contribution >= 0.6 is 58.8 Å². The highest BCUT2D eigenvalue weighted by Gasteiger charge is 2.21. The van der Waals surface area contributed by atoms with Crippen LogP contribution in [-0.4, -0.2) is 161 Å². The molecule has 0 radical (unpaired) electrons. The molecule has 3 amide bonds. The summed E-state index contributed by atoms with van der Waals surface area (Å²) in [5.41, 5.74) is -0.418. The molecule has 0 aliphatic heterocycles. The summed E-state index contributed by atoms with van der Waals surface area (Å²) in [7, 11) is 4.13. The molecule has 0 aromatic heterocycles. The van der Waals surface area contributed by atoms with Gasteiger partial charge in [-0.3, -0.25) is 9.59 Å². The number of likely N-dealkylation sites (N-methyl/N-ethyl adjacent to an activating group) is 1. The number of hydrogen-bond donors (Lipinski definition) is 2. The molecule has 0 rings (SSSR count). The molecule has 2 N–H and O–H groups in total. The summed E-state index contributed by atoms with van der Waals surface area (Å²) in [5.74, 6) is 10.8. The first kappa shape index (κ1) is 51.9. The van der Waals surface area contributed by atoms with Gasteiger partial charge in [0.2, 0.25) is 11.8 Å². The summed E-state index contributed by atoms with van der Waals surface area (Å²) in [6.45, 7) is 12.5. The molecule has 0 aromatic rings. The van der Waals surface area contributed by atoms with Crippen LogP contribution in [0.3, 0.4) is 0 Å². The monoisotopic (exact) mass is 828 g/mol. The molecular formula is C38H76N4O5S5. The van der Waals surface area contributed by atoms with Gasteiger partial charge in [0.15, 0.2) is 0 Å². The summed E-state index contributed by atoms with van der Waals surface area (Å²) in [4.78, 5) is 43.6. The predicted octanol–water partition coefficient (Wildman–Crippen LogP) is 7.70. The lowest BCUT2D eigenvalue weighted by Gasteiger charge is -2.24. The molecule has 0 saturated heterocycles. The Hall–Kier alpha value is -0.120. The standard InChI is InChI=1S/C38H76N4O5S5/c1-7-9-25-48-27-11-19-41(22-21-40(5)6)35(44)15-33-51-32-14-30-50-28-12-20-42(23-24-43)36(45)16-34-52-31-13-29-49-26-10-18-39-37(46)47-38(3,4)17-8-2/h43H,7-34H2,1-6H3,(H,39,46). The van der Waals surface area contributed by atoms with E-state index in [1.807, 2.05) is 77.6 Å². The molecule has 308 valence electrons. The van der Waals surface area contributed by atoms with Crippen molar-refractivity contribution in [3.8, 4) is 0 Å². The second-order valence-electron chi connectivity index (χ2n) is 13.8. The molecule has 0 aliphatic carbocycles. The van der Waals surface area contributed by atoms with E-state index in [1.165, 1.54) is 18.6 Å². The number of aliphatic hydroxyl groups is 1. The summed E-state index contributed by atoms with van der Waals surface area (Å²) in [6.07, 6.45) is 10.3. The van der Waals surface area contributed by atoms with Crippen molar-refractivity contribution >= 4 is 76.7 Å². The first-order chi connectivity index (χ1) is 25.1. The largest absolute Gasteiger partial charge is 0.444 e. The van der Waals surface area contributed by atoms with E-state index >= 15 is 0 Å². The molecule has 0 unspecified atom stereocenters. The minimum absolute atomic E-state index is 0.00203. The molecule has 14 heteroatoms. The smallest absolute Gasteiger partial charge is 0.407 e. The van der Waals surface area contributed by atoms with Crippen LogP contribution in [0.4, 0.5) is 4.79 Å². The van der Waals surface area contributed by atoms with Crippen molar-refractivity contribution in [3.63, 3.8) is 0 Å². The zero-order valence-corrected chi connectivity index (χ0v) is 37.8. The van der Waals surface area contributed by atoms with Crippen molar-refractivity contribution in [3.05, 3.63) is 0 Å². The minimum Gasteiger partial charge on any atom is -0.444 e. The second-order valence-corrected chi connectivity index (χ2v) is 19.9. The second kappa shape index (κ2) is 36.5. The number of carbonyl (C=O) groups is 3. The van der Waals surface area contributed by atoms with Gasteiger partial charge in [-0.25, -0.2) is 4.79 Å². The fourth-order valence-corrected chi connectivity index (χ4v) is 10.0. The molecule has 9 nitrogen and oxygen atoms in total. The van der Waals surface area contributed by atoms with Gasteiger partial charge in [0, 0.05) is 63.6 Å². The molecule has 0 aliphatic rings. The highest BCUT2D eigenvalue weighted by Crippen LogP contribution is 2.17. The Bertz CT molecular complexity index is 876. The third-order valence-electron chi connectivity index (χ3n) is 8.00. The molecule has 0 fully saturated rings. The number of thioether (sulfide) groups is 5. The Balaban J connectivity index is 3.90. The van der Waals surface area contributed by atoms with E-state index in [0.717, 1.165) is 116 Å². The number of nitrogens with one attached hydrogen (secondary N) is 1. The Morgan fingerprint density at radius 3 is 1.54 bits per heavy atom. The number of nitrogens with zero attached hydrogens (tertiary/aromatic N) is 3. The minimum atomic E-state index is -0.418. The lowest BCUT2D eigenvalue weighted by molar-refractivity contribution is -0.131.